The third-order valence-electron chi connectivity index (χ3n) is 4.49. The average Bonchev–Trinajstić information content (AvgIpc) is 2.73. The Hall–Kier alpha value is -3.00. The Labute approximate surface area is 166 Å². The molecule has 4 rings (SSSR count). The third kappa shape index (κ3) is 3.09. The molecule has 2 aromatic carbocycles. The van der Waals surface area contributed by atoms with Crippen LogP contribution in [0.25, 0.3) is 5.70 Å². The molecule has 2 aromatic rings. The van der Waals surface area contributed by atoms with Gasteiger partial charge in [-0.3, -0.25) is 15.1 Å². The minimum absolute atomic E-state index is 0.190. The second-order valence-electron chi connectivity index (χ2n) is 6.12. The molecule has 0 aromatic heterocycles. The molecule has 0 aliphatic carbocycles. The highest BCUT2D eigenvalue weighted by Gasteiger charge is 2.34. The quantitative estimate of drug-likeness (QED) is 0.850. The normalized spacial score (nSPS) is 17.8. The molecule has 2 heterocycles. The van der Waals surface area contributed by atoms with Crippen molar-refractivity contribution in [2.75, 3.05) is 20.0 Å². The van der Waals surface area contributed by atoms with E-state index in [4.69, 9.17) is 14.5 Å². The molecule has 7 nitrogen and oxygen atoms in total. The van der Waals surface area contributed by atoms with Crippen molar-refractivity contribution in [2.24, 2.45) is 10.1 Å². The summed E-state index contributed by atoms with van der Waals surface area (Å²) in [6, 6.07) is 13.2. The van der Waals surface area contributed by atoms with Crippen molar-refractivity contribution in [1.82, 2.24) is 10.3 Å². The van der Waals surface area contributed by atoms with Crippen molar-refractivity contribution in [3.8, 4) is 11.5 Å². The molecular formula is C20H20N4O3S. The van der Waals surface area contributed by atoms with Gasteiger partial charge in [-0.15, -0.1) is 5.10 Å². The van der Waals surface area contributed by atoms with Gasteiger partial charge in [0, 0.05) is 10.8 Å². The highest BCUT2D eigenvalue weighted by Crippen LogP contribution is 2.35. The van der Waals surface area contributed by atoms with Crippen LogP contribution in [-0.4, -0.2) is 36.1 Å². The number of fused-ring (bicyclic) bond motifs is 2. The lowest BCUT2D eigenvalue weighted by molar-refractivity contribution is -0.116. The summed E-state index contributed by atoms with van der Waals surface area (Å²) >= 11 is 1.38. The number of carbonyl (C=O) groups is 1. The standard InChI is InChI=1S/C20H20N4O3S/c1-4-27-16-11-12(9-10-15(16)26-2)18-21-14-8-6-5-7-13(14)17-19(25)22-20(28-3)23-24(17)18/h5-11,18H,4H2,1-3H3,(H,22,23,25). The second kappa shape index (κ2) is 7.55. The van der Waals surface area contributed by atoms with Crippen LogP contribution in [-0.2, 0) is 4.79 Å². The molecule has 2 aliphatic heterocycles. The first-order chi connectivity index (χ1) is 13.7. The zero-order valence-electron chi connectivity index (χ0n) is 15.8. The summed E-state index contributed by atoms with van der Waals surface area (Å²) in [5.74, 6) is 1.09. The molecule has 2 aliphatic rings. The molecule has 0 spiro atoms. The topological polar surface area (TPSA) is 75.5 Å². The van der Waals surface area contributed by atoms with E-state index in [0.29, 0.717) is 29.0 Å². The van der Waals surface area contributed by atoms with Crippen LogP contribution < -0.4 is 25.4 Å². The third-order valence-corrected chi connectivity index (χ3v) is 5.06. The number of benzene rings is 2. The molecule has 144 valence electrons. The maximum atomic E-state index is 12.8. The maximum absolute atomic E-state index is 12.8. The summed E-state index contributed by atoms with van der Waals surface area (Å²) in [4.78, 5) is 17.7. The molecule has 0 fully saturated rings. The van der Waals surface area contributed by atoms with Crippen LogP contribution in [0.1, 0.15) is 18.7 Å². The predicted molar refractivity (Wildman–Crippen MR) is 108 cm³/mol. The molecule has 28 heavy (non-hydrogen) atoms. The Balaban J connectivity index is 1.92. The van der Waals surface area contributed by atoms with E-state index in [9.17, 15) is 4.79 Å². The van der Waals surface area contributed by atoms with E-state index in [2.05, 4.69) is 10.4 Å². The van der Waals surface area contributed by atoms with Crippen molar-refractivity contribution in [1.29, 1.82) is 0 Å². The van der Waals surface area contributed by atoms with Crippen molar-refractivity contribution in [3.05, 3.63) is 58.6 Å². The van der Waals surface area contributed by atoms with Crippen LogP contribution in [0.15, 0.2) is 52.6 Å². The second-order valence-corrected chi connectivity index (χ2v) is 6.91. The van der Waals surface area contributed by atoms with Gasteiger partial charge in [0.1, 0.15) is 5.70 Å². The first kappa shape index (κ1) is 18.4. The number of amides is 1. The Morgan fingerprint density at radius 2 is 2.04 bits per heavy atom. The average molecular weight is 396 g/mol. The number of carbonyl (C=O) groups excluding carboxylic acids is 1. The van der Waals surface area contributed by atoms with Gasteiger partial charge in [0.2, 0.25) is 0 Å². The number of nitrogens with one attached hydrogen (secondary N) is 1. The number of hydrogen-bond donors (Lipinski definition) is 1. The molecule has 0 radical (unpaired) electrons. The monoisotopic (exact) mass is 396 g/mol. The first-order valence-corrected chi connectivity index (χ1v) is 10.1. The minimum Gasteiger partial charge on any atom is -0.493 e. The van der Waals surface area contributed by atoms with Crippen LogP contribution in [0.2, 0.25) is 0 Å². The minimum atomic E-state index is -0.483. The number of nitrogens with zero attached hydrogens (tertiary/aromatic N) is 3. The largest absolute Gasteiger partial charge is 0.493 e. The highest BCUT2D eigenvalue weighted by atomic mass is 32.2. The zero-order chi connectivity index (χ0) is 19.7. The van der Waals surface area contributed by atoms with Crippen LogP contribution in [0.5, 0.6) is 11.5 Å². The lowest BCUT2D eigenvalue weighted by atomic mass is 10.1. The number of rotatable bonds is 4. The van der Waals surface area contributed by atoms with Gasteiger partial charge >= 0.3 is 0 Å². The molecule has 1 amide bonds. The number of thioether (sulfide) groups is 1. The van der Waals surface area contributed by atoms with Crippen molar-refractivity contribution < 1.29 is 14.3 Å². The molecule has 0 saturated carbocycles. The van der Waals surface area contributed by atoms with Gasteiger partial charge in [-0.05, 0) is 31.4 Å². The van der Waals surface area contributed by atoms with E-state index >= 15 is 0 Å². The summed E-state index contributed by atoms with van der Waals surface area (Å²) in [6.07, 6.45) is 1.39. The van der Waals surface area contributed by atoms with E-state index < -0.39 is 6.17 Å². The van der Waals surface area contributed by atoms with Crippen molar-refractivity contribution in [3.63, 3.8) is 0 Å². The molecule has 0 saturated heterocycles. The van der Waals surface area contributed by atoms with E-state index in [1.807, 2.05) is 55.6 Å². The number of ether oxygens (including phenoxy) is 2. The van der Waals surface area contributed by atoms with Gasteiger partial charge in [-0.1, -0.05) is 36.0 Å². The van der Waals surface area contributed by atoms with Gasteiger partial charge in [0.25, 0.3) is 5.91 Å². The van der Waals surface area contributed by atoms with Crippen molar-refractivity contribution >= 4 is 28.5 Å². The number of methoxy groups -OCH3 is 1. The molecular weight excluding hydrogens is 376 g/mol. The molecule has 1 N–H and O–H groups in total. The number of hydrogen-bond acceptors (Lipinski definition) is 7. The first-order valence-electron chi connectivity index (χ1n) is 8.87. The van der Waals surface area contributed by atoms with Gasteiger partial charge in [0.05, 0.1) is 19.1 Å². The van der Waals surface area contributed by atoms with Crippen LogP contribution in [0, 0.1) is 0 Å². The van der Waals surface area contributed by atoms with Crippen LogP contribution in [0.4, 0.5) is 0 Å². The Morgan fingerprint density at radius 3 is 2.79 bits per heavy atom. The smallest absolute Gasteiger partial charge is 0.276 e. The van der Waals surface area contributed by atoms with Gasteiger partial charge in [0.15, 0.2) is 22.8 Å². The van der Waals surface area contributed by atoms with E-state index in [0.717, 1.165) is 16.1 Å². The number of hydrazone groups is 1. The summed E-state index contributed by atoms with van der Waals surface area (Å²) in [7, 11) is 1.61. The molecule has 0 bridgehead atoms. The summed E-state index contributed by atoms with van der Waals surface area (Å²) in [5, 5.41) is 11.2. The van der Waals surface area contributed by atoms with E-state index in [1.165, 1.54) is 11.8 Å². The van der Waals surface area contributed by atoms with Gasteiger partial charge in [-0.2, -0.15) is 0 Å². The lowest BCUT2D eigenvalue weighted by Crippen LogP contribution is -2.50. The van der Waals surface area contributed by atoms with Crippen LogP contribution in [0.3, 0.4) is 0 Å². The van der Waals surface area contributed by atoms with E-state index in [1.54, 1.807) is 12.1 Å². The molecule has 1 unspecified atom stereocenters. The SMILES string of the molecule is CCOc1cc(C2N=c3ccccc3=C3C(=O)NC(SC)=NN32)ccc1OC. The highest BCUT2D eigenvalue weighted by molar-refractivity contribution is 8.13. The predicted octanol–water partition coefficient (Wildman–Crippen LogP) is 1.60. The summed E-state index contributed by atoms with van der Waals surface area (Å²) in [6.45, 7) is 2.44. The summed E-state index contributed by atoms with van der Waals surface area (Å²) in [5.41, 5.74) is 1.34. The number of para-hydroxylation sites is 1. The Bertz CT molecular complexity index is 1080. The molecule has 8 heteroatoms. The fraction of sp³-hybridized carbons (Fsp3) is 0.250. The Morgan fingerprint density at radius 1 is 1.21 bits per heavy atom. The molecule has 1 atom stereocenters. The fourth-order valence-electron chi connectivity index (χ4n) is 3.26. The lowest BCUT2D eigenvalue weighted by Gasteiger charge is -2.34. The van der Waals surface area contributed by atoms with Crippen molar-refractivity contribution in [2.45, 2.75) is 13.1 Å². The van der Waals surface area contributed by atoms with Gasteiger partial charge in [-0.25, -0.2) is 5.01 Å². The maximum Gasteiger partial charge on any atom is 0.276 e. The Kier molecular flexibility index (Phi) is 4.95. The van der Waals surface area contributed by atoms with Crippen LogP contribution >= 0.6 is 11.8 Å². The summed E-state index contributed by atoms with van der Waals surface area (Å²) < 4.78 is 11.1. The van der Waals surface area contributed by atoms with Gasteiger partial charge < -0.3 is 9.47 Å². The van der Waals surface area contributed by atoms with E-state index in [-0.39, 0.29) is 5.91 Å². The fourth-order valence-corrected chi connectivity index (χ4v) is 3.62. The zero-order valence-corrected chi connectivity index (χ0v) is 16.6. The number of amidine groups is 1.